The summed E-state index contributed by atoms with van der Waals surface area (Å²) in [5.41, 5.74) is 6.46. The molecule has 0 unspecified atom stereocenters. The Hall–Kier alpha value is -3.72. The van der Waals surface area contributed by atoms with E-state index in [9.17, 15) is 0 Å². The van der Waals surface area contributed by atoms with Crippen LogP contribution in [0.2, 0.25) is 0 Å². The zero-order chi connectivity index (χ0) is 18.7. The molecule has 0 atom stereocenters. The zero-order valence-corrected chi connectivity index (χ0v) is 15.3. The van der Waals surface area contributed by atoms with E-state index < -0.39 is 0 Å². The van der Waals surface area contributed by atoms with Crippen LogP contribution in [-0.2, 0) is 0 Å². The molecule has 0 aliphatic rings. The zero-order valence-electron chi connectivity index (χ0n) is 15.3. The first-order valence-corrected chi connectivity index (χ1v) is 9.36. The largest absolute Gasteiger partial charge is 0.456 e. The molecule has 0 saturated heterocycles. The van der Waals surface area contributed by atoms with Crippen molar-refractivity contribution in [2.24, 2.45) is 0 Å². The van der Waals surface area contributed by atoms with Gasteiger partial charge in [0.05, 0.1) is 22.4 Å². The molecule has 0 saturated carbocycles. The summed E-state index contributed by atoms with van der Waals surface area (Å²) in [6.45, 7) is 2.02. The van der Waals surface area contributed by atoms with E-state index in [2.05, 4.69) is 42.5 Å². The van der Waals surface area contributed by atoms with Crippen molar-refractivity contribution >= 4 is 43.7 Å². The van der Waals surface area contributed by atoms with Gasteiger partial charge in [-0.05, 0) is 36.6 Å². The summed E-state index contributed by atoms with van der Waals surface area (Å²) >= 11 is 0. The molecule has 6 rings (SSSR count). The Morgan fingerprint density at radius 3 is 2.39 bits per heavy atom. The fraction of sp³-hybridized carbons (Fsp3) is 0.0400. The standard InChI is InChI=1S/C25H16N2O/c1-15-24(27-21-13-11-16-6-2-3-7-18(16)25(21)26-15)17-10-12-20-19-8-4-5-9-22(19)28-23(20)14-17/h2-14H,1H3. The summed E-state index contributed by atoms with van der Waals surface area (Å²) in [5, 5.41) is 4.57. The fourth-order valence-electron chi connectivity index (χ4n) is 4.02. The number of furan rings is 1. The van der Waals surface area contributed by atoms with Crippen LogP contribution in [0.5, 0.6) is 0 Å². The topological polar surface area (TPSA) is 38.9 Å². The van der Waals surface area contributed by atoms with Crippen molar-refractivity contribution in [2.75, 3.05) is 0 Å². The lowest BCUT2D eigenvalue weighted by molar-refractivity contribution is 0.669. The Morgan fingerprint density at radius 1 is 0.679 bits per heavy atom. The summed E-state index contributed by atoms with van der Waals surface area (Å²) < 4.78 is 6.05. The Kier molecular flexibility index (Phi) is 3.09. The van der Waals surface area contributed by atoms with E-state index in [0.29, 0.717) is 0 Å². The predicted molar refractivity (Wildman–Crippen MR) is 114 cm³/mol. The summed E-state index contributed by atoms with van der Waals surface area (Å²) in [4.78, 5) is 9.86. The number of aryl methyl sites for hydroxylation is 1. The minimum atomic E-state index is 0.874. The van der Waals surface area contributed by atoms with E-state index in [1.54, 1.807) is 0 Å². The lowest BCUT2D eigenvalue weighted by Gasteiger charge is -2.09. The minimum absolute atomic E-state index is 0.874. The Morgan fingerprint density at radius 2 is 1.46 bits per heavy atom. The van der Waals surface area contributed by atoms with Gasteiger partial charge in [0.15, 0.2) is 0 Å². The number of para-hydroxylation sites is 1. The van der Waals surface area contributed by atoms with Crippen LogP contribution in [0.3, 0.4) is 0 Å². The molecular weight excluding hydrogens is 344 g/mol. The molecular formula is C25H16N2O. The molecule has 3 nitrogen and oxygen atoms in total. The summed E-state index contributed by atoms with van der Waals surface area (Å²) in [6.07, 6.45) is 0. The monoisotopic (exact) mass is 360 g/mol. The van der Waals surface area contributed by atoms with Crippen molar-refractivity contribution in [1.29, 1.82) is 0 Å². The maximum atomic E-state index is 6.05. The Labute approximate surface area is 161 Å². The highest BCUT2D eigenvalue weighted by Gasteiger charge is 2.13. The third kappa shape index (κ3) is 2.16. The van der Waals surface area contributed by atoms with E-state index >= 15 is 0 Å². The second-order valence-corrected chi connectivity index (χ2v) is 7.12. The second-order valence-electron chi connectivity index (χ2n) is 7.12. The first-order chi connectivity index (χ1) is 13.8. The number of benzene rings is 4. The first kappa shape index (κ1) is 15.3. The van der Waals surface area contributed by atoms with Crippen LogP contribution in [0.4, 0.5) is 0 Å². The highest BCUT2D eigenvalue weighted by atomic mass is 16.3. The molecule has 28 heavy (non-hydrogen) atoms. The van der Waals surface area contributed by atoms with E-state index in [1.807, 2.05) is 43.3 Å². The number of rotatable bonds is 1. The minimum Gasteiger partial charge on any atom is -0.456 e. The van der Waals surface area contributed by atoms with Crippen LogP contribution in [-0.4, -0.2) is 9.97 Å². The van der Waals surface area contributed by atoms with Gasteiger partial charge in [-0.3, -0.25) is 0 Å². The average Bonchev–Trinajstić information content (AvgIpc) is 3.11. The average molecular weight is 360 g/mol. The third-order valence-electron chi connectivity index (χ3n) is 5.39. The highest BCUT2D eigenvalue weighted by Crippen LogP contribution is 2.33. The van der Waals surface area contributed by atoms with Gasteiger partial charge < -0.3 is 4.42 Å². The van der Waals surface area contributed by atoms with Gasteiger partial charge in [0, 0.05) is 21.7 Å². The predicted octanol–water partition coefficient (Wildman–Crippen LogP) is 6.66. The maximum Gasteiger partial charge on any atom is 0.136 e. The SMILES string of the molecule is Cc1nc2c(ccc3ccccc32)nc1-c1ccc2c(c1)oc1ccccc12. The lowest BCUT2D eigenvalue weighted by atomic mass is 10.0. The quantitative estimate of drug-likeness (QED) is 0.308. The third-order valence-corrected chi connectivity index (χ3v) is 5.39. The molecule has 0 fully saturated rings. The highest BCUT2D eigenvalue weighted by molar-refractivity contribution is 6.06. The van der Waals surface area contributed by atoms with Crippen molar-refractivity contribution < 1.29 is 4.42 Å². The molecule has 0 radical (unpaired) electrons. The van der Waals surface area contributed by atoms with Crippen molar-refractivity contribution in [3.05, 3.63) is 84.6 Å². The maximum absolute atomic E-state index is 6.05. The Bertz CT molecular complexity index is 1530. The molecule has 3 heteroatoms. The molecule has 2 aromatic heterocycles. The summed E-state index contributed by atoms with van der Waals surface area (Å²) in [7, 11) is 0. The van der Waals surface area contributed by atoms with Crippen molar-refractivity contribution in [3.63, 3.8) is 0 Å². The molecule has 0 amide bonds. The normalized spacial score (nSPS) is 11.8. The van der Waals surface area contributed by atoms with Gasteiger partial charge in [0.2, 0.25) is 0 Å². The van der Waals surface area contributed by atoms with Crippen molar-refractivity contribution in [2.45, 2.75) is 6.92 Å². The van der Waals surface area contributed by atoms with Crippen LogP contribution in [0, 0.1) is 6.92 Å². The first-order valence-electron chi connectivity index (χ1n) is 9.36. The second kappa shape index (κ2) is 5.64. The molecule has 6 aromatic rings. The molecule has 0 spiro atoms. The fourth-order valence-corrected chi connectivity index (χ4v) is 4.02. The van der Waals surface area contributed by atoms with Gasteiger partial charge >= 0.3 is 0 Å². The molecule has 132 valence electrons. The smallest absolute Gasteiger partial charge is 0.136 e. The van der Waals surface area contributed by atoms with Gasteiger partial charge in [-0.1, -0.05) is 54.6 Å². The molecule has 0 aliphatic carbocycles. The molecule has 0 N–H and O–H groups in total. The van der Waals surface area contributed by atoms with Crippen molar-refractivity contribution in [3.8, 4) is 11.3 Å². The van der Waals surface area contributed by atoms with Gasteiger partial charge in [0.1, 0.15) is 11.2 Å². The lowest BCUT2D eigenvalue weighted by Crippen LogP contribution is -1.95. The summed E-state index contributed by atoms with van der Waals surface area (Å²) in [6, 6.07) is 26.9. The van der Waals surface area contributed by atoms with Gasteiger partial charge in [0.25, 0.3) is 0 Å². The molecule has 4 aromatic carbocycles. The number of hydrogen-bond acceptors (Lipinski definition) is 3. The van der Waals surface area contributed by atoms with Crippen LogP contribution < -0.4 is 0 Å². The van der Waals surface area contributed by atoms with Crippen LogP contribution >= 0.6 is 0 Å². The molecule has 2 heterocycles. The molecule has 0 bridgehead atoms. The van der Waals surface area contributed by atoms with E-state index in [-0.39, 0.29) is 0 Å². The van der Waals surface area contributed by atoms with E-state index in [4.69, 9.17) is 14.4 Å². The van der Waals surface area contributed by atoms with Crippen LogP contribution in [0.25, 0.3) is 55.0 Å². The van der Waals surface area contributed by atoms with E-state index in [0.717, 1.165) is 55.3 Å². The summed E-state index contributed by atoms with van der Waals surface area (Å²) in [5.74, 6) is 0. The van der Waals surface area contributed by atoms with Gasteiger partial charge in [-0.2, -0.15) is 0 Å². The van der Waals surface area contributed by atoms with Crippen LogP contribution in [0.1, 0.15) is 5.69 Å². The van der Waals surface area contributed by atoms with Gasteiger partial charge in [-0.25, -0.2) is 9.97 Å². The molecule has 0 aliphatic heterocycles. The van der Waals surface area contributed by atoms with E-state index in [1.165, 1.54) is 5.39 Å². The van der Waals surface area contributed by atoms with Gasteiger partial charge in [-0.15, -0.1) is 0 Å². The number of nitrogens with zero attached hydrogens (tertiary/aromatic N) is 2. The van der Waals surface area contributed by atoms with Crippen molar-refractivity contribution in [1.82, 2.24) is 9.97 Å². The number of fused-ring (bicyclic) bond motifs is 6. The number of aromatic nitrogens is 2. The van der Waals surface area contributed by atoms with Crippen LogP contribution in [0.15, 0.2) is 83.3 Å². The number of hydrogen-bond donors (Lipinski definition) is 0. The Balaban J connectivity index is 1.60.